The van der Waals surface area contributed by atoms with Gasteiger partial charge in [0.05, 0.1) is 6.10 Å². The van der Waals surface area contributed by atoms with E-state index >= 15 is 0 Å². The molecule has 0 aromatic rings. The summed E-state index contributed by atoms with van der Waals surface area (Å²) in [6, 6.07) is 0.437. The Kier molecular flexibility index (Phi) is 3.95. The van der Waals surface area contributed by atoms with E-state index in [0.29, 0.717) is 6.04 Å². The van der Waals surface area contributed by atoms with Crippen molar-refractivity contribution in [2.45, 2.75) is 69.9 Å². The summed E-state index contributed by atoms with van der Waals surface area (Å²) in [5.74, 6) is 3.00. The van der Waals surface area contributed by atoms with Crippen LogP contribution in [-0.4, -0.2) is 35.7 Å². The summed E-state index contributed by atoms with van der Waals surface area (Å²) in [4.78, 5) is 2.50. The van der Waals surface area contributed by atoms with Gasteiger partial charge in [-0.2, -0.15) is 0 Å². The van der Waals surface area contributed by atoms with Crippen molar-refractivity contribution >= 4 is 0 Å². The highest BCUT2D eigenvalue weighted by atomic mass is 16.3. The maximum atomic E-state index is 10.3. The van der Waals surface area contributed by atoms with Crippen LogP contribution in [0.5, 0.6) is 0 Å². The molecule has 3 saturated carbocycles. The van der Waals surface area contributed by atoms with Crippen LogP contribution >= 0.6 is 0 Å². The Balaban J connectivity index is 1.55. The van der Waals surface area contributed by atoms with Gasteiger partial charge in [-0.25, -0.2) is 0 Å². The van der Waals surface area contributed by atoms with Crippen LogP contribution in [0.25, 0.3) is 0 Å². The maximum absolute atomic E-state index is 10.3. The number of aliphatic hydroxyl groups is 1. The van der Waals surface area contributed by atoms with E-state index < -0.39 is 0 Å². The Morgan fingerprint density at radius 1 is 1.00 bits per heavy atom. The lowest BCUT2D eigenvalue weighted by Gasteiger charge is -2.34. The van der Waals surface area contributed by atoms with Gasteiger partial charge in [-0.1, -0.05) is 25.7 Å². The highest BCUT2D eigenvalue weighted by Gasteiger charge is 2.40. The molecule has 0 amide bonds. The lowest BCUT2D eigenvalue weighted by Crippen LogP contribution is -2.43. The summed E-state index contributed by atoms with van der Waals surface area (Å²) in [6.07, 6.45) is 12.0. The molecule has 5 unspecified atom stereocenters. The minimum absolute atomic E-state index is 0.0731. The number of fused-ring (bicyclic) bond motifs is 2. The number of aliphatic hydroxyl groups excluding tert-OH is 1. The second kappa shape index (κ2) is 5.50. The predicted octanol–water partition coefficient (Wildman–Crippen LogP) is 3.05. The van der Waals surface area contributed by atoms with Crippen LogP contribution in [0.2, 0.25) is 0 Å². The minimum atomic E-state index is -0.0731. The topological polar surface area (TPSA) is 23.5 Å². The van der Waals surface area contributed by atoms with E-state index in [1.54, 1.807) is 0 Å². The number of hydrogen-bond acceptors (Lipinski definition) is 2. The van der Waals surface area contributed by atoms with Crippen LogP contribution in [-0.2, 0) is 0 Å². The third kappa shape index (κ3) is 2.60. The summed E-state index contributed by atoms with van der Waals surface area (Å²) in [5, 5.41) is 10.3. The average Bonchev–Trinajstić information content (AvgIpc) is 2.88. The van der Waals surface area contributed by atoms with Crippen molar-refractivity contribution in [1.82, 2.24) is 4.90 Å². The van der Waals surface area contributed by atoms with Crippen LogP contribution in [0.15, 0.2) is 0 Å². The molecule has 3 rings (SSSR count). The summed E-state index contributed by atoms with van der Waals surface area (Å²) in [5.41, 5.74) is 0. The lowest BCUT2D eigenvalue weighted by molar-refractivity contribution is 0.0451. The molecule has 2 bridgehead atoms. The Morgan fingerprint density at radius 3 is 2.56 bits per heavy atom. The fourth-order valence-corrected chi connectivity index (χ4v) is 4.89. The molecule has 18 heavy (non-hydrogen) atoms. The van der Waals surface area contributed by atoms with Crippen molar-refractivity contribution in [3.8, 4) is 0 Å². The Bertz CT molecular complexity index is 280. The van der Waals surface area contributed by atoms with Crippen molar-refractivity contribution in [1.29, 1.82) is 0 Å². The lowest BCUT2D eigenvalue weighted by atomic mass is 9.88. The number of likely N-dealkylation sites (N-methyl/N-ethyl adjacent to an activating group) is 1. The molecule has 104 valence electrons. The zero-order chi connectivity index (χ0) is 12.5. The summed E-state index contributed by atoms with van der Waals surface area (Å²) < 4.78 is 0. The summed E-state index contributed by atoms with van der Waals surface area (Å²) in [6.45, 7) is 1.24. The van der Waals surface area contributed by atoms with Crippen LogP contribution in [0.3, 0.4) is 0 Å². The van der Waals surface area contributed by atoms with E-state index in [1.807, 2.05) is 0 Å². The molecule has 3 aliphatic rings. The van der Waals surface area contributed by atoms with Gasteiger partial charge in [0, 0.05) is 12.6 Å². The molecule has 0 saturated heterocycles. The van der Waals surface area contributed by atoms with E-state index in [0.717, 1.165) is 24.2 Å². The predicted molar refractivity (Wildman–Crippen MR) is 74.4 cm³/mol. The van der Waals surface area contributed by atoms with Crippen LogP contribution in [0.4, 0.5) is 0 Å². The number of hydrogen-bond donors (Lipinski definition) is 1. The van der Waals surface area contributed by atoms with Gasteiger partial charge < -0.3 is 10.0 Å². The van der Waals surface area contributed by atoms with Crippen molar-refractivity contribution in [3.05, 3.63) is 0 Å². The van der Waals surface area contributed by atoms with E-state index in [1.165, 1.54) is 57.9 Å². The molecule has 2 nitrogen and oxygen atoms in total. The van der Waals surface area contributed by atoms with Gasteiger partial charge in [0.1, 0.15) is 0 Å². The average molecular weight is 251 g/mol. The van der Waals surface area contributed by atoms with Gasteiger partial charge in [-0.05, 0) is 56.9 Å². The quantitative estimate of drug-likeness (QED) is 0.779. The molecule has 0 radical (unpaired) electrons. The molecule has 0 aliphatic heterocycles. The highest BCUT2D eigenvalue weighted by Crippen LogP contribution is 2.48. The van der Waals surface area contributed by atoms with Crippen molar-refractivity contribution in [2.75, 3.05) is 13.6 Å². The smallest absolute Gasteiger partial charge is 0.0695 e. The van der Waals surface area contributed by atoms with E-state index in [9.17, 15) is 5.11 Å². The third-order valence-electron chi connectivity index (χ3n) is 5.92. The molecular weight excluding hydrogens is 222 g/mol. The molecule has 3 fully saturated rings. The van der Waals surface area contributed by atoms with Gasteiger partial charge in [0.2, 0.25) is 0 Å². The largest absolute Gasteiger partial charge is 0.391 e. The first-order valence-electron chi connectivity index (χ1n) is 8.12. The first kappa shape index (κ1) is 12.9. The van der Waals surface area contributed by atoms with Crippen molar-refractivity contribution in [2.24, 2.45) is 17.8 Å². The van der Waals surface area contributed by atoms with Crippen LogP contribution in [0, 0.1) is 17.8 Å². The second-order valence-corrected chi connectivity index (χ2v) is 7.15. The molecule has 3 aliphatic carbocycles. The Morgan fingerprint density at radius 2 is 1.83 bits per heavy atom. The monoisotopic (exact) mass is 251 g/mol. The molecule has 0 aromatic heterocycles. The van der Waals surface area contributed by atoms with Crippen molar-refractivity contribution in [3.63, 3.8) is 0 Å². The molecule has 5 atom stereocenters. The van der Waals surface area contributed by atoms with Gasteiger partial charge >= 0.3 is 0 Å². The van der Waals surface area contributed by atoms with Crippen LogP contribution < -0.4 is 0 Å². The summed E-state index contributed by atoms with van der Waals surface area (Å²) in [7, 11) is 2.26. The first-order chi connectivity index (χ1) is 8.74. The zero-order valence-corrected chi connectivity index (χ0v) is 11.9. The molecule has 1 N–H and O–H groups in total. The van der Waals surface area contributed by atoms with Gasteiger partial charge in [-0.3, -0.25) is 0 Å². The number of rotatable bonds is 3. The third-order valence-corrected chi connectivity index (χ3v) is 5.92. The van der Waals surface area contributed by atoms with E-state index in [2.05, 4.69) is 11.9 Å². The Labute approximate surface area is 112 Å². The van der Waals surface area contributed by atoms with Gasteiger partial charge in [0.15, 0.2) is 0 Å². The van der Waals surface area contributed by atoms with Crippen molar-refractivity contribution < 1.29 is 5.11 Å². The normalized spacial score (nSPS) is 44.5. The second-order valence-electron chi connectivity index (χ2n) is 7.15. The van der Waals surface area contributed by atoms with E-state index in [-0.39, 0.29) is 6.10 Å². The standard InChI is InChI=1S/C16H29NO/c1-17(15-5-3-2-4-6-16(15)18)11-14-10-12-7-8-13(14)9-12/h12-16,18H,2-11H2,1H3. The first-order valence-corrected chi connectivity index (χ1v) is 8.12. The minimum Gasteiger partial charge on any atom is -0.391 e. The summed E-state index contributed by atoms with van der Waals surface area (Å²) >= 11 is 0. The van der Waals surface area contributed by atoms with E-state index in [4.69, 9.17) is 0 Å². The highest BCUT2D eigenvalue weighted by molar-refractivity contribution is 4.92. The maximum Gasteiger partial charge on any atom is 0.0695 e. The molecule has 0 aromatic carbocycles. The van der Waals surface area contributed by atoms with Gasteiger partial charge in [-0.15, -0.1) is 0 Å². The molecule has 0 spiro atoms. The Hall–Kier alpha value is -0.0800. The molecule has 2 heteroatoms. The fourth-order valence-electron chi connectivity index (χ4n) is 4.89. The van der Waals surface area contributed by atoms with Crippen LogP contribution in [0.1, 0.15) is 57.8 Å². The number of nitrogens with zero attached hydrogens (tertiary/aromatic N) is 1. The fraction of sp³-hybridized carbons (Fsp3) is 1.00. The zero-order valence-electron chi connectivity index (χ0n) is 11.9. The molecular formula is C16H29NO. The molecule has 0 heterocycles. The SMILES string of the molecule is CN(CC1CC2CCC1C2)C1CCCCCC1O. The van der Waals surface area contributed by atoms with Gasteiger partial charge in [0.25, 0.3) is 0 Å².